The van der Waals surface area contributed by atoms with Crippen LogP contribution >= 0.6 is 0 Å². The van der Waals surface area contributed by atoms with E-state index in [9.17, 15) is 0 Å². The predicted octanol–water partition coefficient (Wildman–Crippen LogP) is 0.541. The molecule has 0 aromatic heterocycles. The fourth-order valence-corrected chi connectivity index (χ4v) is 2.15. The van der Waals surface area contributed by atoms with Gasteiger partial charge < -0.3 is 19.9 Å². The molecule has 0 aliphatic heterocycles. The van der Waals surface area contributed by atoms with Crippen LogP contribution in [0.15, 0.2) is 0 Å². The summed E-state index contributed by atoms with van der Waals surface area (Å²) >= 11 is 0. The molecule has 0 heterocycles. The second-order valence-corrected chi connectivity index (χ2v) is 4.21. The Hall–Kier alpha value is -0.160. The summed E-state index contributed by atoms with van der Waals surface area (Å²) in [4.78, 5) is 0. The summed E-state index contributed by atoms with van der Waals surface area (Å²) in [6.07, 6.45) is 4.90. The molecule has 1 rings (SSSR count). The zero-order chi connectivity index (χ0) is 11.1. The van der Waals surface area contributed by atoms with Gasteiger partial charge in [0, 0.05) is 20.3 Å². The molecule has 1 aliphatic carbocycles. The Morgan fingerprint density at radius 1 is 1.27 bits per heavy atom. The molecule has 1 fully saturated rings. The van der Waals surface area contributed by atoms with Crippen molar-refractivity contribution in [2.45, 2.75) is 43.9 Å². The summed E-state index contributed by atoms with van der Waals surface area (Å²) in [6.45, 7) is 0.707. The molecule has 0 aromatic carbocycles. The third-order valence-corrected chi connectivity index (χ3v) is 3.07. The highest BCUT2D eigenvalue weighted by Crippen LogP contribution is 2.20. The second-order valence-electron chi connectivity index (χ2n) is 4.21. The van der Waals surface area contributed by atoms with Crippen molar-refractivity contribution in [1.82, 2.24) is 5.32 Å². The fourth-order valence-electron chi connectivity index (χ4n) is 2.15. The molecule has 1 atom stereocenters. The van der Waals surface area contributed by atoms with Crippen molar-refractivity contribution in [2.24, 2.45) is 0 Å². The van der Waals surface area contributed by atoms with Crippen LogP contribution in [-0.2, 0) is 9.47 Å². The Morgan fingerprint density at radius 3 is 2.40 bits per heavy atom. The van der Waals surface area contributed by atoms with Gasteiger partial charge in [-0.3, -0.25) is 0 Å². The summed E-state index contributed by atoms with van der Waals surface area (Å²) in [5, 5.41) is 12.5. The topological polar surface area (TPSA) is 50.7 Å². The fraction of sp³-hybridized carbons (Fsp3) is 1.00. The Bertz CT molecular complexity index is 158. The van der Waals surface area contributed by atoms with Crippen LogP contribution in [0.5, 0.6) is 0 Å². The predicted molar refractivity (Wildman–Crippen MR) is 58.9 cm³/mol. The first-order chi connectivity index (χ1) is 7.30. The molecule has 2 N–H and O–H groups in total. The molecule has 90 valence electrons. The highest BCUT2D eigenvalue weighted by Gasteiger charge is 2.22. The molecule has 1 aliphatic rings. The smallest absolute Gasteiger partial charge is 0.0638 e. The van der Waals surface area contributed by atoms with Crippen LogP contribution in [0.4, 0.5) is 0 Å². The molecule has 0 amide bonds. The normalized spacial score (nSPS) is 29.0. The minimum atomic E-state index is 0.0686. The summed E-state index contributed by atoms with van der Waals surface area (Å²) in [7, 11) is 3.44. The Morgan fingerprint density at radius 2 is 1.93 bits per heavy atom. The van der Waals surface area contributed by atoms with E-state index in [1.54, 1.807) is 14.2 Å². The maximum Gasteiger partial charge on any atom is 0.0638 e. The molecule has 15 heavy (non-hydrogen) atoms. The number of rotatable bonds is 6. The van der Waals surface area contributed by atoms with E-state index >= 15 is 0 Å². The summed E-state index contributed by atoms with van der Waals surface area (Å²) in [6, 6.07) is 0.572. The lowest BCUT2D eigenvalue weighted by Crippen LogP contribution is -2.45. The number of methoxy groups -OCH3 is 2. The van der Waals surface area contributed by atoms with E-state index in [4.69, 9.17) is 14.6 Å². The van der Waals surface area contributed by atoms with Crippen molar-refractivity contribution < 1.29 is 14.6 Å². The largest absolute Gasteiger partial charge is 0.395 e. The van der Waals surface area contributed by atoms with Crippen LogP contribution in [0.1, 0.15) is 25.7 Å². The molecule has 0 radical (unpaired) electrons. The minimum Gasteiger partial charge on any atom is -0.395 e. The van der Waals surface area contributed by atoms with Gasteiger partial charge in [0.2, 0.25) is 0 Å². The lowest BCUT2D eigenvalue weighted by Gasteiger charge is -2.30. The van der Waals surface area contributed by atoms with Crippen LogP contribution < -0.4 is 5.32 Å². The van der Waals surface area contributed by atoms with E-state index in [0.717, 1.165) is 25.7 Å². The molecule has 1 unspecified atom stereocenters. The van der Waals surface area contributed by atoms with Gasteiger partial charge in [-0.05, 0) is 25.7 Å². The number of hydrogen-bond donors (Lipinski definition) is 2. The molecular formula is C11H23NO3. The van der Waals surface area contributed by atoms with Crippen molar-refractivity contribution in [3.8, 4) is 0 Å². The number of ether oxygens (including phenoxy) is 2. The van der Waals surface area contributed by atoms with Gasteiger partial charge in [0.15, 0.2) is 0 Å². The first-order valence-electron chi connectivity index (χ1n) is 5.68. The highest BCUT2D eigenvalue weighted by atomic mass is 16.5. The summed E-state index contributed by atoms with van der Waals surface area (Å²) in [5.74, 6) is 0. The van der Waals surface area contributed by atoms with E-state index in [1.165, 1.54) is 0 Å². The van der Waals surface area contributed by atoms with Crippen LogP contribution in [0.25, 0.3) is 0 Å². The lowest BCUT2D eigenvalue weighted by molar-refractivity contribution is 0.0551. The van der Waals surface area contributed by atoms with Crippen LogP contribution in [-0.4, -0.2) is 50.7 Å². The number of aliphatic hydroxyl groups excluding tert-OH is 1. The average molecular weight is 217 g/mol. The molecule has 0 aromatic rings. The van der Waals surface area contributed by atoms with Crippen LogP contribution in [0, 0.1) is 0 Å². The maximum absolute atomic E-state index is 9.12. The monoisotopic (exact) mass is 217 g/mol. The Balaban J connectivity index is 2.21. The van der Waals surface area contributed by atoms with Gasteiger partial charge in [-0.15, -0.1) is 0 Å². The molecule has 4 heteroatoms. The third kappa shape index (κ3) is 4.47. The molecule has 0 bridgehead atoms. The molecule has 0 spiro atoms. The molecule has 1 saturated carbocycles. The number of nitrogens with one attached hydrogen (secondary N) is 1. The highest BCUT2D eigenvalue weighted by molar-refractivity contribution is 4.80. The quantitative estimate of drug-likeness (QED) is 0.682. The number of aliphatic hydroxyl groups is 1. The molecule has 0 saturated heterocycles. The Labute approximate surface area is 92.0 Å². The first-order valence-corrected chi connectivity index (χ1v) is 5.68. The maximum atomic E-state index is 9.12. The van der Waals surface area contributed by atoms with Crippen LogP contribution in [0.2, 0.25) is 0 Å². The van der Waals surface area contributed by atoms with E-state index in [2.05, 4.69) is 5.32 Å². The third-order valence-electron chi connectivity index (χ3n) is 3.07. The lowest BCUT2D eigenvalue weighted by atomic mass is 9.92. The van der Waals surface area contributed by atoms with Gasteiger partial charge >= 0.3 is 0 Å². The van der Waals surface area contributed by atoms with E-state index in [-0.39, 0.29) is 12.6 Å². The Kier molecular flexibility index (Phi) is 6.17. The molecule has 4 nitrogen and oxygen atoms in total. The van der Waals surface area contributed by atoms with E-state index < -0.39 is 0 Å². The number of hydrogen-bond acceptors (Lipinski definition) is 4. The van der Waals surface area contributed by atoms with Gasteiger partial charge in [-0.25, -0.2) is 0 Å². The van der Waals surface area contributed by atoms with Gasteiger partial charge in [-0.2, -0.15) is 0 Å². The van der Waals surface area contributed by atoms with Crippen molar-refractivity contribution >= 4 is 0 Å². The van der Waals surface area contributed by atoms with E-state index in [1.807, 2.05) is 0 Å². The van der Waals surface area contributed by atoms with Gasteiger partial charge in [0.05, 0.1) is 25.4 Å². The average Bonchev–Trinajstić information content (AvgIpc) is 2.29. The zero-order valence-corrected chi connectivity index (χ0v) is 9.74. The zero-order valence-electron chi connectivity index (χ0n) is 9.74. The summed E-state index contributed by atoms with van der Waals surface area (Å²) in [5.41, 5.74) is 0. The van der Waals surface area contributed by atoms with Crippen molar-refractivity contribution in [3.05, 3.63) is 0 Å². The van der Waals surface area contributed by atoms with Crippen LogP contribution in [0.3, 0.4) is 0 Å². The first kappa shape index (κ1) is 12.9. The van der Waals surface area contributed by atoms with Crippen molar-refractivity contribution in [2.75, 3.05) is 27.4 Å². The second kappa shape index (κ2) is 7.17. The standard InChI is InChI=1S/C11H23NO3/c1-14-8-10(7-13)12-9-3-5-11(15-2)6-4-9/h9-13H,3-8H2,1-2H3. The minimum absolute atomic E-state index is 0.0686. The van der Waals surface area contributed by atoms with Crippen molar-refractivity contribution in [1.29, 1.82) is 0 Å². The summed E-state index contributed by atoms with van der Waals surface area (Å²) < 4.78 is 10.3. The molecular weight excluding hydrogens is 194 g/mol. The van der Waals surface area contributed by atoms with Gasteiger partial charge in [0.1, 0.15) is 0 Å². The van der Waals surface area contributed by atoms with Gasteiger partial charge in [0.25, 0.3) is 0 Å². The van der Waals surface area contributed by atoms with E-state index in [0.29, 0.717) is 18.8 Å². The van der Waals surface area contributed by atoms with Crippen molar-refractivity contribution in [3.63, 3.8) is 0 Å². The SMILES string of the molecule is COCC(CO)NC1CCC(OC)CC1. The van der Waals surface area contributed by atoms with Gasteiger partial charge in [-0.1, -0.05) is 0 Å².